The number of ether oxygens (including phenoxy) is 2. The SMILES string of the molecule is COc1ccc(S(=O)(=O)N2CCC[C@H](C(=O)NCCCO)C2)cc1OC. The highest BCUT2D eigenvalue weighted by atomic mass is 32.2. The molecular weight excluding hydrogens is 360 g/mol. The van der Waals surface area contributed by atoms with E-state index >= 15 is 0 Å². The number of nitrogens with zero attached hydrogens (tertiary/aromatic N) is 1. The summed E-state index contributed by atoms with van der Waals surface area (Å²) >= 11 is 0. The average Bonchev–Trinajstić information content (AvgIpc) is 2.67. The van der Waals surface area contributed by atoms with Crippen molar-refractivity contribution >= 4 is 15.9 Å². The zero-order valence-corrected chi connectivity index (χ0v) is 15.9. The maximum atomic E-state index is 12.9. The number of aliphatic hydroxyl groups excluding tert-OH is 1. The summed E-state index contributed by atoms with van der Waals surface area (Å²) in [6, 6.07) is 4.45. The lowest BCUT2D eigenvalue weighted by atomic mass is 9.99. The average molecular weight is 386 g/mol. The van der Waals surface area contributed by atoms with Crippen LogP contribution in [0.2, 0.25) is 0 Å². The van der Waals surface area contributed by atoms with Gasteiger partial charge >= 0.3 is 0 Å². The van der Waals surface area contributed by atoms with E-state index in [-0.39, 0.29) is 24.0 Å². The van der Waals surface area contributed by atoms with Gasteiger partial charge in [-0.3, -0.25) is 4.79 Å². The first-order valence-electron chi connectivity index (χ1n) is 8.54. The maximum absolute atomic E-state index is 12.9. The monoisotopic (exact) mass is 386 g/mol. The molecule has 1 amide bonds. The first-order chi connectivity index (χ1) is 12.4. The molecule has 8 nitrogen and oxygen atoms in total. The first kappa shape index (κ1) is 20.5. The summed E-state index contributed by atoms with van der Waals surface area (Å²) < 4.78 is 37.6. The van der Waals surface area contributed by atoms with E-state index in [1.54, 1.807) is 6.07 Å². The van der Waals surface area contributed by atoms with Gasteiger partial charge < -0.3 is 19.9 Å². The van der Waals surface area contributed by atoms with Crippen LogP contribution in [0.5, 0.6) is 11.5 Å². The highest BCUT2D eigenvalue weighted by Gasteiger charge is 2.33. The molecule has 1 fully saturated rings. The predicted molar refractivity (Wildman–Crippen MR) is 95.7 cm³/mol. The lowest BCUT2D eigenvalue weighted by molar-refractivity contribution is -0.126. The number of benzene rings is 1. The van der Waals surface area contributed by atoms with Gasteiger partial charge in [0.15, 0.2) is 11.5 Å². The Morgan fingerprint density at radius 2 is 2.04 bits per heavy atom. The lowest BCUT2D eigenvalue weighted by Crippen LogP contribution is -2.45. The molecule has 0 saturated carbocycles. The molecule has 0 unspecified atom stereocenters. The molecule has 1 heterocycles. The largest absolute Gasteiger partial charge is 0.493 e. The molecule has 9 heteroatoms. The third-order valence-electron chi connectivity index (χ3n) is 4.38. The van der Waals surface area contributed by atoms with Gasteiger partial charge in [-0.25, -0.2) is 8.42 Å². The van der Waals surface area contributed by atoms with Crippen LogP contribution in [0.25, 0.3) is 0 Å². The number of hydrogen-bond acceptors (Lipinski definition) is 6. The molecule has 0 radical (unpaired) electrons. The van der Waals surface area contributed by atoms with Crippen molar-refractivity contribution in [2.75, 3.05) is 40.5 Å². The van der Waals surface area contributed by atoms with Gasteiger partial charge in [0, 0.05) is 32.3 Å². The maximum Gasteiger partial charge on any atom is 0.243 e. The van der Waals surface area contributed by atoms with Crippen LogP contribution in [0.15, 0.2) is 23.1 Å². The van der Waals surface area contributed by atoms with Crippen molar-refractivity contribution < 1.29 is 27.8 Å². The summed E-state index contributed by atoms with van der Waals surface area (Å²) in [5, 5.41) is 11.5. The molecule has 1 saturated heterocycles. The quantitative estimate of drug-likeness (QED) is 0.634. The van der Waals surface area contributed by atoms with E-state index in [1.807, 2.05) is 0 Å². The van der Waals surface area contributed by atoms with Crippen LogP contribution in [-0.2, 0) is 14.8 Å². The summed E-state index contributed by atoms with van der Waals surface area (Å²) in [6.07, 6.45) is 1.74. The Hall–Kier alpha value is -1.84. The summed E-state index contributed by atoms with van der Waals surface area (Å²) in [4.78, 5) is 12.3. The molecule has 0 spiro atoms. The number of sulfonamides is 1. The predicted octanol–water partition coefficient (Wildman–Crippen LogP) is 0.603. The molecular formula is C17H26N2O6S. The normalized spacial score (nSPS) is 18.3. The smallest absolute Gasteiger partial charge is 0.243 e. The van der Waals surface area contributed by atoms with Gasteiger partial charge in [0.05, 0.1) is 25.0 Å². The zero-order chi connectivity index (χ0) is 19.2. The van der Waals surface area contributed by atoms with Gasteiger partial charge in [-0.15, -0.1) is 0 Å². The molecule has 146 valence electrons. The van der Waals surface area contributed by atoms with Crippen LogP contribution >= 0.6 is 0 Å². The molecule has 0 aliphatic carbocycles. The molecule has 0 bridgehead atoms. The number of aliphatic hydroxyl groups is 1. The summed E-state index contributed by atoms with van der Waals surface area (Å²) in [6.45, 7) is 0.901. The van der Waals surface area contributed by atoms with Crippen LogP contribution in [0.4, 0.5) is 0 Å². The minimum atomic E-state index is -3.73. The molecule has 2 N–H and O–H groups in total. The van der Waals surface area contributed by atoms with Gasteiger partial charge in [0.2, 0.25) is 15.9 Å². The standard InChI is InChI=1S/C17H26N2O6S/c1-24-15-7-6-14(11-16(15)25-2)26(22,23)19-9-3-5-13(12-19)17(21)18-8-4-10-20/h6-7,11,13,20H,3-5,8-10,12H2,1-2H3,(H,18,21)/t13-/m0/s1. The number of rotatable bonds is 8. The van der Waals surface area contributed by atoms with E-state index in [1.165, 1.54) is 30.7 Å². The third kappa shape index (κ3) is 4.66. The Morgan fingerprint density at radius 3 is 2.69 bits per heavy atom. The van der Waals surface area contributed by atoms with Crippen molar-refractivity contribution in [3.63, 3.8) is 0 Å². The van der Waals surface area contributed by atoms with E-state index in [0.717, 1.165) is 0 Å². The summed E-state index contributed by atoms with van der Waals surface area (Å²) in [7, 11) is -0.804. The Balaban J connectivity index is 2.14. The van der Waals surface area contributed by atoms with E-state index in [4.69, 9.17) is 14.6 Å². The molecule has 1 aliphatic rings. The van der Waals surface area contributed by atoms with Gasteiger partial charge in [-0.2, -0.15) is 4.31 Å². The van der Waals surface area contributed by atoms with Crippen molar-refractivity contribution in [3.8, 4) is 11.5 Å². The minimum absolute atomic E-state index is 0.00472. The van der Waals surface area contributed by atoms with Gasteiger partial charge in [-0.1, -0.05) is 0 Å². The number of carbonyl (C=O) groups excluding carboxylic acids is 1. The van der Waals surface area contributed by atoms with Crippen molar-refractivity contribution in [1.29, 1.82) is 0 Å². The van der Waals surface area contributed by atoms with E-state index < -0.39 is 15.9 Å². The Morgan fingerprint density at radius 1 is 1.31 bits per heavy atom. The summed E-state index contributed by atoms with van der Waals surface area (Å²) in [5.74, 6) is 0.220. The second-order valence-corrected chi connectivity index (χ2v) is 8.03. The number of hydrogen-bond donors (Lipinski definition) is 2. The topological polar surface area (TPSA) is 105 Å². The number of methoxy groups -OCH3 is 2. The molecule has 1 aromatic carbocycles. The second kappa shape index (κ2) is 9.20. The van der Waals surface area contributed by atoms with Gasteiger partial charge in [0.25, 0.3) is 0 Å². The van der Waals surface area contributed by atoms with Gasteiger partial charge in [-0.05, 0) is 31.4 Å². The zero-order valence-electron chi connectivity index (χ0n) is 15.1. The fourth-order valence-electron chi connectivity index (χ4n) is 2.94. The summed E-state index contributed by atoms with van der Waals surface area (Å²) in [5.41, 5.74) is 0. The second-order valence-electron chi connectivity index (χ2n) is 6.09. The van der Waals surface area contributed by atoms with Crippen molar-refractivity contribution in [2.45, 2.75) is 24.2 Å². The fraction of sp³-hybridized carbons (Fsp3) is 0.588. The van der Waals surface area contributed by atoms with Crippen LogP contribution < -0.4 is 14.8 Å². The molecule has 1 aliphatic heterocycles. The number of piperidine rings is 1. The van der Waals surface area contributed by atoms with Crippen LogP contribution in [0.3, 0.4) is 0 Å². The fourth-order valence-corrected chi connectivity index (χ4v) is 4.48. The van der Waals surface area contributed by atoms with E-state index in [2.05, 4.69) is 5.32 Å². The number of carbonyl (C=O) groups is 1. The molecule has 2 rings (SSSR count). The molecule has 0 aromatic heterocycles. The highest BCUT2D eigenvalue weighted by Crippen LogP contribution is 2.32. The molecule has 1 atom stereocenters. The lowest BCUT2D eigenvalue weighted by Gasteiger charge is -2.31. The van der Waals surface area contributed by atoms with E-state index in [9.17, 15) is 13.2 Å². The van der Waals surface area contributed by atoms with Gasteiger partial charge in [0.1, 0.15) is 0 Å². The van der Waals surface area contributed by atoms with Crippen LogP contribution in [0, 0.1) is 5.92 Å². The minimum Gasteiger partial charge on any atom is -0.493 e. The Labute approximate surface area is 154 Å². The Kier molecular flexibility index (Phi) is 7.24. The number of amides is 1. The first-order valence-corrected chi connectivity index (χ1v) is 9.98. The van der Waals surface area contributed by atoms with Crippen LogP contribution in [0.1, 0.15) is 19.3 Å². The highest BCUT2D eigenvalue weighted by molar-refractivity contribution is 7.89. The molecule has 26 heavy (non-hydrogen) atoms. The van der Waals surface area contributed by atoms with Crippen molar-refractivity contribution in [2.24, 2.45) is 5.92 Å². The number of nitrogens with one attached hydrogen (secondary N) is 1. The van der Waals surface area contributed by atoms with Crippen molar-refractivity contribution in [3.05, 3.63) is 18.2 Å². The van der Waals surface area contributed by atoms with E-state index in [0.29, 0.717) is 43.9 Å². The van der Waals surface area contributed by atoms with Crippen LogP contribution in [-0.4, -0.2) is 64.2 Å². The van der Waals surface area contributed by atoms with Crippen molar-refractivity contribution in [1.82, 2.24) is 9.62 Å². The Bertz CT molecular complexity index is 722. The third-order valence-corrected chi connectivity index (χ3v) is 6.24. The molecule has 1 aromatic rings.